The van der Waals surface area contributed by atoms with Crippen LogP contribution in [0.2, 0.25) is 0 Å². The first-order valence-corrected chi connectivity index (χ1v) is 4.20. The molecule has 0 aromatic carbocycles. The Balaban J connectivity index is 2.39. The second-order valence-electron chi connectivity index (χ2n) is 2.76. The molecule has 0 N–H and O–H groups in total. The molecule has 0 saturated heterocycles. The Morgan fingerprint density at radius 3 is 3.07 bits per heavy atom. The van der Waals surface area contributed by atoms with E-state index in [1.807, 2.05) is 0 Å². The Morgan fingerprint density at radius 1 is 1.53 bits per heavy atom. The molecule has 0 saturated carbocycles. The molecular weight excluding hydrogens is 196 g/mol. The molecule has 2 rings (SSSR count). The van der Waals surface area contributed by atoms with Gasteiger partial charge >= 0.3 is 5.97 Å². The SMILES string of the molecule is COC(=O)c1cc(-n2ccnc2)cnn1. The minimum absolute atomic E-state index is 0.170. The van der Waals surface area contributed by atoms with Crippen molar-refractivity contribution in [3.63, 3.8) is 0 Å². The molecule has 6 heteroatoms. The van der Waals surface area contributed by atoms with Gasteiger partial charge in [-0.25, -0.2) is 9.78 Å². The van der Waals surface area contributed by atoms with Crippen molar-refractivity contribution in [3.05, 3.63) is 36.7 Å². The summed E-state index contributed by atoms with van der Waals surface area (Å²) in [4.78, 5) is 15.1. The lowest BCUT2D eigenvalue weighted by molar-refractivity contribution is 0.0592. The second-order valence-corrected chi connectivity index (χ2v) is 2.76. The van der Waals surface area contributed by atoms with E-state index in [2.05, 4.69) is 19.9 Å². The van der Waals surface area contributed by atoms with Crippen LogP contribution in [0.3, 0.4) is 0 Å². The standard InChI is InChI=1S/C9H8N4O2/c1-15-9(14)8-4-7(5-11-12-8)13-3-2-10-6-13/h2-6H,1H3. The molecule has 0 aliphatic rings. The van der Waals surface area contributed by atoms with E-state index in [1.165, 1.54) is 13.3 Å². The van der Waals surface area contributed by atoms with Crippen LogP contribution in [0.1, 0.15) is 10.5 Å². The number of nitrogens with zero attached hydrogens (tertiary/aromatic N) is 4. The lowest BCUT2D eigenvalue weighted by Gasteiger charge is -2.02. The lowest BCUT2D eigenvalue weighted by Crippen LogP contribution is -2.06. The van der Waals surface area contributed by atoms with Crippen LogP contribution in [0, 0.1) is 0 Å². The number of aromatic nitrogens is 4. The summed E-state index contributed by atoms with van der Waals surface area (Å²) >= 11 is 0. The normalized spacial score (nSPS) is 9.93. The second kappa shape index (κ2) is 3.87. The summed E-state index contributed by atoms with van der Waals surface area (Å²) in [5, 5.41) is 7.37. The molecule has 2 aromatic heterocycles. The first-order chi connectivity index (χ1) is 7.31. The minimum Gasteiger partial charge on any atom is -0.464 e. The zero-order chi connectivity index (χ0) is 10.7. The van der Waals surface area contributed by atoms with Crippen LogP contribution in [0.4, 0.5) is 0 Å². The first kappa shape index (κ1) is 9.32. The van der Waals surface area contributed by atoms with Gasteiger partial charge in [-0.15, -0.1) is 5.10 Å². The Morgan fingerprint density at radius 2 is 2.40 bits per heavy atom. The predicted octanol–water partition coefficient (Wildman–Crippen LogP) is 0.449. The van der Waals surface area contributed by atoms with Crippen molar-refractivity contribution in [2.45, 2.75) is 0 Å². The highest BCUT2D eigenvalue weighted by Gasteiger charge is 2.08. The zero-order valence-corrected chi connectivity index (χ0v) is 7.99. The van der Waals surface area contributed by atoms with E-state index in [1.54, 1.807) is 29.4 Å². The van der Waals surface area contributed by atoms with Crippen molar-refractivity contribution in [3.8, 4) is 5.69 Å². The van der Waals surface area contributed by atoms with E-state index in [0.717, 1.165) is 0 Å². The van der Waals surface area contributed by atoms with E-state index in [-0.39, 0.29) is 5.69 Å². The van der Waals surface area contributed by atoms with Crippen LogP contribution in [0.15, 0.2) is 31.0 Å². The molecule has 0 aliphatic carbocycles. The number of carbonyl (C=O) groups excluding carboxylic acids is 1. The third-order valence-corrected chi connectivity index (χ3v) is 1.84. The van der Waals surface area contributed by atoms with Crippen molar-refractivity contribution >= 4 is 5.97 Å². The number of imidazole rings is 1. The molecule has 0 unspecified atom stereocenters. The fraction of sp³-hybridized carbons (Fsp3) is 0.111. The lowest BCUT2D eigenvalue weighted by atomic mass is 10.3. The molecule has 0 bridgehead atoms. The summed E-state index contributed by atoms with van der Waals surface area (Å²) in [6, 6.07) is 1.58. The molecule has 6 nitrogen and oxygen atoms in total. The van der Waals surface area contributed by atoms with Crippen molar-refractivity contribution < 1.29 is 9.53 Å². The smallest absolute Gasteiger partial charge is 0.358 e. The van der Waals surface area contributed by atoms with E-state index in [4.69, 9.17) is 0 Å². The number of esters is 1. The third-order valence-electron chi connectivity index (χ3n) is 1.84. The highest BCUT2D eigenvalue weighted by atomic mass is 16.5. The summed E-state index contributed by atoms with van der Waals surface area (Å²) in [6.45, 7) is 0. The van der Waals surface area contributed by atoms with E-state index in [9.17, 15) is 4.79 Å². The summed E-state index contributed by atoms with van der Waals surface area (Å²) in [6.07, 6.45) is 6.53. The molecule has 0 fully saturated rings. The third kappa shape index (κ3) is 1.83. The van der Waals surface area contributed by atoms with Gasteiger partial charge < -0.3 is 9.30 Å². The maximum absolute atomic E-state index is 11.2. The number of ether oxygens (including phenoxy) is 1. The van der Waals surface area contributed by atoms with Gasteiger partial charge in [0.25, 0.3) is 0 Å². The molecule has 0 amide bonds. The first-order valence-electron chi connectivity index (χ1n) is 4.20. The fourth-order valence-electron chi connectivity index (χ4n) is 1.11. The molecule has 0 spiro atoms. The molecule has 0 aliphatic heterocycles. The van der Waals surface area contributed by atoms with Gasteiger partial charge in [0.1, 0.15) is 0 Å². The van der Waals surface area contributed by atoms with E-state index >= 15 is 0 Å². The molecule has 0 atom stereocenters. The monoisotopic (exact) mass is 204 g/mol. The van der Waals surface area contributed by atoms with Crippen LogP contribution in [0.5, 0.6) is 0 Å². The molecule has 2 aromatic rings. The quantitative estimate of drug-likeness (QED) is 0.664. The number of methoxy groups -OCH3 is 1. The van der Waals surface area contributed by atoms with Crippen molar-refractivity contribution in [2.24, 2.45) is 0 Å². The Hall–Kier alpha value is -2.24. The summed E-state index contributed by atoms with van der Waals surface area (Å²) in [5.74, 6) is -0.510. The van der Waals surface area contributed by atoms with Gasteiger partial charge in [0.2, 0.25) is 0 Å². The van der Waals surface area contributed by atoms with Crippen LogP contribution < -0.4 is 0 Å². The molecule has 15 heavy (non-hydrogen) atoms. The van der Waals surface area contributed by atoms with Gasteiger partial charge in [0.05, 0.1) is 25.3 Å². The Bertz CT molecular complexity index is 467. The Labute approximate surface area is 85.5 Å². The van der Waals surface area contributed by atoms with Crippen LogP contribution >= 0.6 is 0 Å². The molecular formula is C9H8N4O2. The largest absolute Gasteiger partial charge is 0.464 e. The van der Waals surface area contributed by atoms with E-state index in [0.29, 0.717) is 5.69 Å². The number of rotatable bonds is 2. The molecule has 0 radical (unpaired) electrons. The van der Waals surface area contributed by atoms with E-state index < -0.39 is 5.97 Å². The predicted molar refractivity (Wildman–Crippen MR) is 50.5 cm³/mol. The number of carbonyl (C=O) groups is 1. The number of hydrogen-bond acceptors (Lipinski definition) is 5. The average molecular weight is 204 g/mol. The van der Waals surface area contributed by atoms with Crippen LogP contribution in [-0.4, -0.2) is 32.8 Å². The molecule has 76 valence electrons. The number of hydrogen-bond donors (Lipinski definition) is 0. The zero-order valence-electron chi connectivity index (χ0n) is 7.99. The highest BCUT2D eigenvalue weighted by molar-refractivity contribution is 5.87. The van der Waals surface area contributed by atoms with Gasteiger partial charge in [-0.1, -0.05) is 0 Å². The van der Waals surface area contributed by atoms with Gasteiger partial charge in [-0.3, -0.25) is 0 Å². The van der Waals surface area contributed by atoms with Crippen LogP contribution in [-0.2, 0) is 4.74 Å². The van der Waals surface area contributed by atoms with Crippen molar-refractivity contribution in [1.82, 2.24) is 19.7 Å². The minimum atomic E-state index is -0.510. The highest BCUT2D eigenvalue weighted by Crippen LogP contribution is 2.06. The van der Waals surface area contributed by atoms with Crippen molar-refractivity contribution in [2.75, 3.05) is 7.11 Å². The van der Waals surface area contributed by atoms with Gasteiger partial charge in [0, 0.05) is 12.4 Å². The van der Waals surface area contributed by atoms with Gasteiger partial charge in [-0.05, 0) is 6.07 Å². The average Bonchev–Trinajstić information content (AvgIpc) is 2.82. The summed E-state index contributed by atoms with van der Waals surface area (Å²) in [5.41, 5.74) is 0.881. The van der Waals surface area contributed by atoms with Crippen molar-refractivity contribution in [1.29, 1.82) is 0 Å². The summed E-state index contributed by atoms with van der Waals surface area (Å²) < 4.78 is 6.27. The maximum atomic E-state index is 11.2. The van der Waals surface area contributed by atoms with Gasteiger partial charge in [0.15, 0.2) is 5.69 Å². The maximum Gasteiger partial charge on any atom is 0.358 e. The Kier molecular flexibility index (Phi) is 2.40. The topological polar surface area (TPSA) is 69.9 Å². The summed E-state index contributed by atoms with van der Waals surface area (Å²) in [7, 11) is 1.30. The van der Waals surface area contributed by atoms with Crippen LogP contribution in [0.25, 0.3) is 5.69 Å². The fourth-order valence-corrected chi connectivity index (χ4v) is 1.11. The molecule has 2 heterocycles. The van der Waals surface area contributed by atoms with Gasteiger partial charge in [-0.2, -0.15) is 5.10 Å².